The van der Waals surface area contributed by atoms with Crippen LogP contribution >= 0.6 is 11.3 Å². The van der Waals surface area contributed by atoms with E-state index in [0.717, 1.165) is 22.0 Å². The fraction of sp³-hybridized carbons (Fsp3) is 0.778. The summed E-state index contributed by atoms with van der Waals surface area (Å²) in [6.07, 6.45) is 4.26. The largest absolute Gasteiger partial charge is 0.357 e. The molecule has 3 nitrogen and oxygen atoms in total. The van der Waals surface area contributed by atoms with Crippen LogP contribution < -0.4 is 5.32 Å². The van der Waals surface area contributed by atoms with E-state index in [1.807, 2.05) is 6.92 Å². The van der Waals surface area contributed by atoms with Crippen LogP contribution in [-0.2, 0) is 0 Å². The van der Waals surface area contributed by atoms with E-state index < -0.39 is 0 Å². The van der Waals surface area contributed by atoms with Gasteiger partial charge in [-0.3, -0.25) is 0 Å². The summed E-state index contributed by atoms with van der Waals surface area (Å²) in [6, 6.07) is 0.708. The van der Waals surface area contributed by atoms with Gasteiger partial charge >= 0.3 is 0 Å². The third-order valence-electron chi connectivity index (χ3n) is 2.90. The Morgan fingerprint density at radius 3 is 2.85 bits per heavy atom. The van der Waals surface area contributed by atoms with Gasteiger partial charge in [-0.25, -0.2) is 0 Å². The highest BCUT2D eigenvalue weighted by atomic mass is 32.1. The average molecular weight is 195 g/mol. The van der Waals surface area contributed by atoms with Crippen molar-refractivity contribution >= 4 is 16.5 Å². The summed E-state index contributed by atoms with van der Waals surface area (Å²) in [5.74, 6) is 1.98. The molecule has 1 aromatic heterocycles. The van der Waals surface area contributed by atoms with Crippen molar-refractivity contribution in [3.63, 3.8) is 0 Å². The van der Waals surface area contributed by atoms with Gasteiger partial charge < -0.3 is 5.32 Å². The summed E-state index contributed by atoms with van der Waals surface area (Å²) in [4.78, 5) is 0. The molecular weight excluding hydrogens is 182 g/mol. The van der Waals surface area contributed by atoms with E-state index in [0.29, 0.717) is 6.04 Å². The highest BCUT2D eigenvalue weighted by Crippen LogP contribution is 2.51. The fourth-order valence-corrected chi connectivity index (χ4v) is 2.59. The van der Waals surface area contributed by atoms with Crippen molar-refractivity contribution in [3.8, 4) is 0 Å². The van der Waals surface area contributed by atoms with Gasteiger partial charge in [0.25, 0.3) is 0 Å². The Hall–Kier alpha value is -0.640. The average Bonchev–Trinajstić information content (AvgIpc) is 2.92. The van der Waals surface area contributed by atoms with Crippen molar-refractivity contribution < 1.29 is 0 Å². The molecule has 2 atom stereocenters. The van der Waals surface area contributed by atoms with Crippen LogP contribution in [0.15, 0.2) is 0 Å². The standard InChI is InChI=1S/C9H13N3S/c1-5-11-12-9(13-5)10-8-4-7(8)6-2-3-6/h6-8H,2-4H2,1H3,(H,10,12). The summed E-state index contributed by atoms with van der Waals surface area (Å²) in [5.41, 5.74) is 0. The van der Waals surface area contributed by atoms with Gasteiger partial charge in [-0.15, -0.1) is 10.2 Å². The van der Waals surface area contributed by atoms with Gasteiger partial charge in [-0.1, -0.05) is 11.3 Å². The van der Waals surface area contributed by atoms with Crippen molar-refractivity contribution in [2.45, 2.75) is 32.2 Å². The monoisotopic (exact) mass is 195 g/mol. The molecule has 3 rings (SSSR count). The molecule has 0 amide bonds. The number of anilines is 1. The smallest absolute Gasteiger partial charge is 0.205 e. The van der Waals surface area contributed by atoms with Crippen molar-refractivity contribution in [3.05, 3.63) is 5.01 Å². The molecule has 0 saturated heterocycles. The highest BCUT2D eigenvalue weighted by molar-refractivity contribution is 7.15. The Balaban J connectivity index is 1.58. The summed E-state index contributed by atoms with van der Waals surface area (Å²) in [6.45, 7) is 1.99. The summed E-state index contributed by atoms with van der Waals surface area (Å²) in [7, 11) is 0. The third-order valence-corrected chi connectivity index (χ3v) is 3.67. The lowest BCUT2D eigenvalue weighted by Gasteiger charge is -1.98. The number of nitrogens with zero attached hydrogens (tertiary/aromatic N) is 2. The lowest BCUT2D eigenvalue weighted by Crippen LogP contribution is -2.04. The second kappa shape index (κ2) is 2.67. The lowest BCUT2D eigenvalue weighted by atomic mass is 10.3. The molecule has 2 fully saturated rings. The number of aromatic nitrogens is 2. The van der Waals surface area contributed by atoms with Crippen LogP contribution in [0.4, 0.5) is 5.13 Å². The van der Waals surface area contributed by atoms with Gasteiger partial charge in [0, 0.05) is 6.04 Å². The molecule has 0 bridgehead atoms. The predicted octanol–water partition coefficient (Wildman–Crippen LogP) is 2.06. The number of hydrogen-bond donors (Lipinski definition) is 1. The molecule has 0 spiro atoms. The minimum absolute atomic E-state index is 0.708. The van der Waals surface area contributed by atoms with Gasteiger partial charge in [-0.2, -0.15) is 0 Å². The topological polar surface area (TPSA) is 37.8 Å². The zero-order valence-corrected chi connectivity index (χ0v) is 8.47. The number of rotatable bonds is 3. The van der Waals surface area contributed by atoms with Gasteiger partial charge in [0.05, 0.1) is 0 Å². The number of aryl methyl sites for hydroxylation is 1. The van der Waals surface area contributed by atoms with Crippen LogP contribution in [0.1, 0.15) is 24.3 Å². The van der Waals surface area contributed by atoms with E-state index in [-0.39, 0.29) is 0 Å². The molecule has 13 heavy (non-hydrogen) atoms. The van der Waals surface area contributed by atoms with E-state index in [9.17, 15) is 0 Å². The van der Waals surface area contributed by atoms with E-state index in [1.165, 1.54) is 19.3 Å². The van der Waals surface area contributed by atoms with E-state index in [4.69, 9.17) is 0 Å². The lowest BCUT2D eigenvalue weighted by molar-refractivity contribution is 0.697. The van der Waals surface area contributed by atoms with Gasteiger partial charge in [0.1, 0.15) is 5.01 Å². The zero-order chi connectivity index (χ0) is 8.84. The minimum atomic E-state index is 0.708. The molecular formula is C9H13N3S. The normalized spacial score (nSPS) is 31.8. The molecule has 0 radical (unpaired) electrons. The second-order valence-electron chi connectivity index (χ2n) is 4.11. The second-order valence-corrected chi connectivity index (χ2v) is 5.30. The van der Waals surface area contributed by atoms with Crippen LogP contribution in [0, 0.1) is 18.8 Å². The molecule has 2 aliphatic carbocycles. The maximum absolute atomic E-state index is 4.07. The first-order chi connectivity index (χ1) is 6.33. The van der Waals surface area contributed by atoms with Crippen LogP contribution in [-0.4, -0.2) is 16.2 Å². The quantitative estimate of drug-likeness (QED) is 0.802. The summed E-state index contributed by atoms with van der Waals surface area (Å²) in [5, 5.41) is 13.6. The van der Waals surface area contributed by atoms with Crippen LogP contribution in [0.25, 0.3) is 0 Å². The first-order valence-corrected chi connectivity index (χ1v) is 5.71. The van der Waals surface area contributed by atoms with E-state index in [1.54, 1.807) is 11.3 Å². The minimum Gasteiger partial charge on any atom is -0.357 e. The van der Waals surface area contributed by atoms with Crippen LogP contribution in [0.2, 0.25) is 0 Å². The molecule has 70 valence electrons. The Morgan fingerprint density at radius 1 is 1.38 bits per heavy atom. The number of nitrogens with one attached hydrogen (secondary N) is 1. The SMILES string of the molecule is Cc1nnc(NC2CC2C2CC2)s1. The Bertz CT molecular complexity index is 318. The van der Waals surface area contributed by atoms with E-state index >= 15 is 0 Å². The first-order valence-electron chi connectivity index (χ1n) is 4.89. The van der Waals surface area contributed by atoms with Crippen molar-refractivity contribution in [1.82, 2.24) is 10.2 Å². The maximum Gasteiger partial charge on any atom is 0.205 e. The van der Waals surface area contributed by atoms with Crippen LogP contribution in [0.5, 0.6) is 0 Å². The third kappa shape index (κ3) is 1.55. The zero-order valence-electron chi connectivity index (χ0n) is 7.66. The molecule has 1 N–H and O–H groups in total. The Morgan fingerprint density at radius 2 is 2.23 bits per heavy atom. The predicted molar refractivity (Wildman–Crippen MR) is 52.9 cm³/mol. The fourth-order valence-electron chi connectivity index (χ4n) is 1.94. The van der Waals surface area contributed by atoms with Crippen molar-refractivity contribution in [2.24, 2.45) is 11.8 Å². The first kappa shape index (κ1) is 7.74. The molecule has 0 aromatic carbocycles. The van der Waals surface area contributed by atoms with Gasteiger partial charge in [0.15, 0.2) is 0 Å². The van der Waals surface area contributed by atoms with Gasteiger partial charge in [-0.05, 0) is 38.0 Å². The van der Waals surface area contributed by atoms with E-state index in [2.05, 4.69) is 15.5 Å². The number of hydrogen-bond acceptors (Lipinski definition) is 4. The van der Waals surface area contributed by atoms with Gasteiger partial charge in [0.2, 0.25) is 5.13 Å². The summed E-state index contributed by atoms with van der Waals surface area (Å²) >= 11 is 1.66. The van der Waals surface area contributed by atoms with Crippen molar-refractivity contribution in [1.29, 1.82) is 0 Å². The Labute approximate surface area is 81.6 Å². The van der Waals surface area contributed by atoms with Crippen molar-refractivity contribution in [2.75, 3.05) is 5.32 Å². The Kier molecular flexibility index (Phi) is 1.59. The maximum atomic E-state index is 4.07. The highest BCUT2D eigenvalue weighted by Gasteiger charge is 2.47. The molecule has 2 unspecified atom stereocenters. The molecule has 1 aromatic rings. The van der Waals surface area contributed by atoms with Crippen LogP contribution in [0.3, 0.4) is 0 Å². The molecule has 1 heterocycles. The molecule has 4 heteroatoms. The summed E-state index contributed by atoms with van der Waals surface area (Å²) < 4.78 is 0. The molecule has 0 aliphatic heterocycles. The molecule has 2 aliphatic rings. The molecule has 2 saturated carbocycles.